The molecule has 0 fully saturated rings. The van der Waals surface area contributed by atoms with Gasteiger partial charge in [-0.15, -0.1) is 11.3 Å². The van der Waals surface area contributed by atoms with E-state index >= 15 is 0 Å². The van der Waals surface area contributed by atoms with E-state index < -0.39 is 6.10 Å². The molecule has 0 bridgehead atoms. The van der Waals surface area contributed by atoms with Gasteiger partial charge in [-0.3, -0.25) is 9.78 Å². The molecule has 1 aromatic carbocycles. The first-order valence-corrected chi connectivity index (χ1v) is 7.40. The number of thiophene rings is 1. The van der Waals surface area contributed by atoms with Crippen molar-refractivity contribution in [2.75, 3.05) is 6.54 Å². The van der Waals surface area contributed by atoms with Gasteiger partial charge < -0.3 is 10.4 Å². The van der Waals surface area contributed by atoms with E-state index in [0.717, 1.165) is 15.0 Å². The van der Waals surface area contributed by atoms with E-state index in [-0.39, 0.29) is 12.5 Å². The van der Waals surface area contributed by atoms with Crippen LogP contribution in [0.5, 0.6) is 0 Å². The lowest BCUT2D eigenvalue weighted by Crippen LogP contribution is -2.28. The van der Waals surface area contributed by atoms with Crippen LogP contribution in [0, 0.1) is 0 Å². The molecule has 0 radical (unpaired) electrons. The number of amides is 1. The van der Waals surface area contributed by atoms with Gasteiger partial charge in [0.05, 0.1) is 0 Å². The summed E-state index contributed by atoms with van der Waals surface area (Å²) in [5, 5.41) is 14.0. The molecule has 0 aliphatic rings. The van der Waals surface area contributed by atoms with Gasteiger partial charge in [-0.2, -0.15) is 0 Å². The molecule has 2 aromatic heterocycles. The molecule has 3 rings (SSSR count). The van der Waals surface area contributed by atoms with Crippen molar-refractivity contribution in [2.24, 2.45) is 0 Å². The van der Waals surface area contributed by atoms with Crippen LogP contribution in [0.25, 0.3) is 10.1 Å². The summed E-state index contributed by atoms with van der Waals surface area (Å²) in [6.45, 7) is 0.188. The second-order valence-corrected chi connectivity index (χ2v) is 5.76. The lowest BCUT2D eigenvalue weighted by molar-refractivity contribution is 0.0918. The first kappa shape index (κ1) is 13.7. The zero-order valence-electron chi connectivity index (χ0n) is 11.2. The lowest BCUT2D eigenvalue weighted by atomic mass is 10.2. The van der Waals surface area contributed by atoms with E-state index in [2.05, 4.69) is 10.3 Å². The smallest absolute Gasteiger partial charge is 0.251 e. The van der Waals surface area contributed by atoms with Crippen LogP contribution in [0.15, 0.2) is 54.9 Å². The fourth-order valence-electron chi connectivity index (χ4n) is 2.06. The molecule has 106 valence electrons. The highest BCUT2D eigenvalue weighted by Crippen LogP contribution is 2.29. The van der Waals surface area contributed by atoms with Crippen molar-refractivity contribution in [3.63, 3.8) is 0 Å². The SMILES string of the molecule is O=C(NCC(O)c1cc2ccccc2s1)c1ccncc1. The molecule has 2 heterocycles. The topological polar surface area (TPSA) is 62.2 Å². The van der Waals surface area contributed by atoms with Crippen molar-refractivity contribution in [2.45, 2.75) is 6.10 Å². The maximum atomic E-state index is 11.9. The summed E-state index contributed by atoms with van der Waals surface area (Å²) < 4.78 is 1.13. The van der Waals surface area contributed by atoms with E-state index in [0.29, 0.717) is 5.56 Å². The predicted molar refractivity (Wildman–Crippen MR) is 83.4 cm³/mol. The van der Waals surface area contributed by atoms with Crippen molar-refractivity contribution in [3.8, 4) is 0 Å². The minimum atomic E-state index is -0.701. The van der Waals surface area contributed by atoms with E-state index in [1.807, 2.05) is 30.3 Å². The Labute approximate surface area is 126 Å². The second-order valence-electron chi connectivity index (χ2n) is 4.65. The highest BCUT2D eigenvalue weighted by molar-refractivity contribution is 7.19. The highest BCUT2D eigenvalue weighted by atomic mass is 32.1. The van der Waals surface area contributed by atoms with Gasteiger partial charge in [0, 0.05) is 34.1 Å². The average Bonchev–Trinajstić information content (AvgIpc) is 2.97. The Morgan fingerprint density at radius 1 is 1.24 bits per heavy atom. The third kappa shape index (κ3) is 3.09. The minimum Gasteiger partial charge on any atom is -0.386 e. The maximum absolute atomic E-state index is 11.9. The van der Waals surface area contributed by atoms with E-state index in [1.54, 1.807) is 35.9 Å². The Kier molecular flexibility index (Phi) is 3.94. The number of hydrogen-bond donors (Lipinski definition) is 2. The third-order valence-corrected chi connectivity index (χ3v) is 4.39. The number of pyridine rings is 1. The van der Waals surface area contributed by atoms with Crippen LogP contribution in [-0.4, -0.2) is 22.5 Å². The molecule has 21 heavy (non-hydrogen) atoms. The molecule has 0 saturated heterocycles. The Bertz CT molecular complexity index is 722. The van der Waals surface area contributed by atoms with Crippen molar-refractivity contribution in [3.05, 3.63) is 65.3 Å². The molecule has 0 spiro atoms. The fraction of sp³-hybridized carbons (Fsp3) is 0.125. The Morgan fingerprint density at radius 3 is 2.76 bits per heavy atom. The van der Waals surface area contributed by atoms with Crippen LogP contribution < -0.4 is 5.32 Å². The Balaban J connectivity index is 1.66. The monoisotopic (exact) mass is 298 g/mol. The van der Waals surface area contributed by atoms with Crippen LogP contribution in [0.2, 0.25) is 0 Å². The predicted octanol–water partition coefficient (Wildman–Crippen LogP) is 2.76. The van der Waals surface area contributed by atoms with Gasteiger partial charge in [0.1, 0.15) is 6.10 Å². The number of aliphatic hydroxyl groups excluding tert-OH is 1. The molecule has 1 atom stereocenters. The number of nitrogens with one attached hydrogen (secondary N) is 1. The summed E-state index contributed by atoms with van der Waals surface area (Å²) in [7, 11) is 0. The summed E-state index contributed by atoms with van der Waals surface area (Å²) >= 11 is 1.54. The van der Waals surface area contributed by atoms with Gasteiger partial charge in [-0.25, -0.2) is 0 Å². The van der Waals surface area contributed by atoms with Crippen LogP contribution in [0.3, 0.4) is 0 Å². The van der Waals surface area contributed by atoms with E-state index in [4.69, 9.17) is 0 Å². The van der Waals surface area contributed by atoms with Gasteiger partial charge in [-0.05, 0) is 29.7 Å². The number of nitrogens with zero attached hydrogens (tertiary/aromatic N) is 1. The number of rotatable bonds is 4. The molecule has 1 unspecified atom stereocenters. The number of benzene rings is 1. The number of hydrogen-bond acceptors (Lipinski definition) is 4. The normalized spacial score (nSPS) is 12.2. The number of carbonyl (C=O) groups excluding carboxylic acids is 1. The second kappa shape index (κ2) is 6.03. The van der Waals surface area contributed by atoms with E-state index in [9.17, 15) is 9.90 Å². The van der Waals surface area contributed by atoms with Crippen LogP contribution in [0.1, 0.15) is 21.3 Å². The van der Waals surface area contributed by atoms with E-state index in [1.165, 1.54) is 0 Å². The fourth-order valence-corrected chi connectivity index (χ4v) is 3.11. The minimum absolute atomic E-state index is 0.188. The molecule has 4 nitrogen and oxygen atoms in total. The molecule has 1 amide bonds. The van der Waals surface area contributed by atoms with Crippen LogP contribution >= 0.6 is 11.3 Å². The Morgan fingerprint density at radius 2 is 2.00 bits per heavy atom. The summed E-state index contributed by atoms with van der Waals surface area (Å²) in [5.41, 5.74) is 0.536. The molecule has 0 saturated carbocycles. The summed E-state index contributed by atoms with van der Waals surface area (Å²) in [5.74, 6) is -0.211. The van der Waals surface area contributed by atoms with Crippen molar-refractivity contribution in [1.29, 1.82) is 0 Å². The average molecular weight is 298 g/mol. The zero-order chi connectivity index (χ0) is 14.7. The Hall–Kier alpha value is -2.24. The van der Waals surface area contributed by atoms with Crippen molar-refractivity contribution < 1.29 is 9.90 Å². The van der Waals surface area contributed by atoms with Gasteiger partial charge in [-0.1, -0.05) is 18.2 Å². The highest BCUT2D eigenvalue weighted by Gasteiger charge is 2.13. The zero-order valence-corrected chi connectivity index (χ0v) is 12.0. The van der Waals surface area contributed by atoms with Crippen LogP contribution in [0.4, 0.5) is 0 Å². The summed E-state index contributed by atoms with van der Waals surface area (Å²) in [6.07, 6.45) is 2.43. The van der Waals surface area contributed by atoms with Gasteiger partial charge in [0.25, 0.3) is 5.91 Å². The molecule has 0 aliphatic heterocycles. The van der Waals surface area contributed by atoms with Gasteiger partial charge in [0.15, 0.2) is 0 Å². The number of carbonyl (C=O) groups is 1. The standard InChI is InChI=1S/C16H14N2O2S/c19-13(10-18-16(20)11-5-7-17-8-6-11)15-9-12-3-1-2-4-14(12)21-15/h1-9,13,19H,10H2,(H,18,20). The quantitative estimate of drug-likeness (QED) is 0.778. The maximum Gasteiger partial charge on any atom is 0.251 e. The van der Waals surface area contributed by atoms with Crippen molar-refractivity contribution in [1.82, 2.24) is 10.3 Å². The largest absolute Gasteiger partial charge is 0.386 e. The number of aliphatic hydroxyl groups is 1. The molecule has 3 aromatic rings. The molecular weight excluding hydrogens is 284 g/mol. The summed E-state index contributed by atoms with van der Waals surface area (Å²) in [6, 6.07) is 13.2. The third-order valence-electron chi connectivity index (χ3n) is 3.17. The number of fused-ring (bicyclic) bond motifs is 1. The van der Waals surface area contributed by atoms with Gasteiger partial charge in [0.2, 0.25) is 0 Å². The van der Waals surface area contributed by atoms with Gasteiger partial charge >= 0.3 is 0 Å². The van der Waals surface area contributed by atoms with Crippen molar-refractivity contribution >= 4 is 27.3 Å². The molecule has 5 heteroatoms. The first-order chi connectivity index (χ1) is 10.2. The molecule has 2 N–H and O–H groups in total. The summed E-state index contributed by atoms with van der Waals surface area (Å²) in [4.78, 5) is 16.6. The number of aromatic nitrogens is 1. The first-order valence-electron chi connectivity index (χ1n) is 6.59. The molecule has 0 aliphatic carbocycles. The molecular formula is C16H14N2O2S. The lowest BCUT2D eigenvalue weighted by Gasteiger charge is -2.10. The van der Waals surface area contributed by atoms with Crippen LogP contribution in [-0.2, 0) is 0 Å².